The van der Waals surface area contributed by atoms with E-state index in [4.69, 9.17) is 0 Å². The van der Waals surface area contributed by atoms with Crippen molar-refractivity contribution in [3.05, 3.63) is 0 Å². The maximum Gasteiger partial charge on any atom is 0.0812 e. The van der Waals surface area contributed by atoms with Gasteiger partial charge >= 0.3 is 0 Å². The zero-order chi connectivity index (χ0) is 11.1. The van der Waals surface area contributed by atoms with Gasteiger partial charge in [-0.2, -0.15) is 0 Å². The van der Waals surface area contributed by atoms with Crippen molar-refractivity contribution in [1.82, 2.24) is 8.43 Å². The van der Waals surface area contributed by atoms with Crippen molar-refractivity contribution in [2.75, 3.05) is 14.1 Å². The summed E-state index contributed by atoms with van der Waals surface area (Å²) in [5.41, 5.74) is 0. The summed E-state index contributed by atoms with van der Waals surface area (Å²) in [6.45, 7) is 9.04. The Balaban J connectivity index is 4.48. The van der Waals surface area contributed by atoms with Crippen molar-refractivity contribution in [3.63, 3.8) is 0 Å². The summed E-state index contributed by atoms with van der Waals surface area (Å²) < 4.78 is 6.87. The molecule has 0 aliphatic carbocycles. The number of halogens is 1. The molecule has 2 atom stereocenters. The molecule has 0 bridgehead atoms. The second-order valence-corrected chi connectivity index (χ2v) is 6.24. The highest BCUT2D eigenvalue weighted by molar-refractivity contribution is 14.1. The highest BCUT2D eigenvalue weighted by Gasteiger charge is 2.22. The van der Waals surface area contributed by atoms with E-state index in [1.54, 1.807) is 0 Å². The number of hydrogen-bond acceptors (Lipinski definition) is 2. The molecule has 86 valence electrons. The van der Waals surface area contributed by atoms with Crippen molar-refractivity contribution in [2.24, 2.45) is 3.15 Å². The fraction of sp³-hybridized carbons (Fsp3) is 1.00. The topological polar surface area (TPSA) is 27.6 Å². The van der Waals surface area contributed by atoms with E-state index in [1.807, 2.05) is 14.1 Å². The van der Waals surface area contributed by atoms with Gasteiger partial charge in [-0.1, -0.05) is 6.92 Å². The van der Waals surface area contributed by atoms with Gasteiger partial charge < -0.3 is 5.32 Å². The van der Waals surface area contributed by atoms with Crippen molar-refractivity contribution >= 4 is 21.3 Å². The third-order valence-electron chi connectivity index (χ3n) is 2.44. The highest BCUT2D eigenvalue weighted by atomic mass is 127. The molecule has 3 nitrogen and oxygen atoms in total. The predicted octanol–water partition coefficient (Wildman–Crippen LogP) is 2.78. The van der Waals surface area contributed by atoms with Crippen LogP contribution in [-0.4, -0.2) is 35.3 Å². The van der Waals surface area contributed by atoms with Gasteiger partial charge in [0.1, 0.15) is 0 Å². The van der Waals surface area contributed by atoms with Gasteiger partial charge in [-0.25, -0.2) is 3.11 Å². The molecule has 0 aromatic heterocycles. The fourth-order valence-electron chi connectivity index (χ4n) is 1.67. The molecule has 0 heterocycles. The Morgan fingerprint density at radius 3 is 2.21 bits per heavy atom. The first-order valence-corrected chi connectivity index (χ1v) is 7.20. The standard InChI is InChI=1S/C10H24IN3/c1-7-10(12-5)9(4)14(8(2)3)11-13-6/h8-10,12H,7H2,1-6H3. The summed E-state index contributed by atoms with van der Waals surface area (Å²) >= 11 is -0.146. The predicted molar refractivity (Wildman–Crippen MR) is 71.9 cm³/mol. The van der Waals surface area contributed by atoms with Gasteiger partial charge in [0, 0.05) is 25.2 Å². The van der Waals surface area contributed by atoms with Gasteiger partial charge in [0.15, 0.2) is 0 Å². The van der Waals surface area contributed by atoms with Crippen LogP contribution >= 0.6 is 21.3 Å². The molecule has 0 aromatic rings. The molecule has 0 saturated carbocycles. The maximum absolute atomic E-state index is 4.34. The van der Waals surface area contributed by atoms with Crippen LogP contribution in [0, 0.1) is 0 Å². The lowest BCUT2D eigenvalue weighted by Gasteiger charge is -2.32. The van der Waals surface area contributed by atoms with Crippen molar-refractivity contribution in [3.8, 4) is 0 Å². The van der Waals surface area contributed by atoms with Gasteiger partial charge in [-0.05, 0) is 34.2 Å². The van der Waals surface area contributed by atoms with E-state index in [9.17, 15) is 0 Å². The maximum atomic E-state index is 4.34. The van der Waals surface area contributed by atoms with Crippen LogP contribution in [0.4, 0.5) is 0 Å². The summed E-state index contributed by atoms with van der Waals surface area (Å²) in [7, 11) is 3.97. The molecule has 2 unspecified atom stereocenters. The van der Waals surface area contributed by atoms with Gasteiger partial charge in [-0.15, -0.1) is 0 Å². The summed E-state index contributed by atoms with van der Waals surface area (Å²) in [5, 5.41) is 3.38. The second-order valence-electron chi connectivity index (χ2n) is 3.73. The third kappa shape index (κ3) is 4.31. The number of likely N-dealkylation sites (N-methyl/N-ethyl adjacent to an activating group) is 1. The Hall–Kier alpha value is 0.450. The quantitative estimate of drug-likeness (QED) is 0.603. The van der Waals surface area contributed by atoms with Crippen molar-refractivity contribution < 1.29 is 0 Å². The molecule has 0 fully saturated rings. The van der Waals surface area contributed by atoms with Crippen LogP contribution < -0.4 is 5.32 Å². The van der Waals surface area contributed by atoms with E-state index >= 15 is 0 Å². The molecule has 0 amide bonds. The smallest absolute Gasteiger partial charge is 0.0812 e. The van der Waals surface area contributed by atoms with E-state index in [-0.39, 0.29) is 21.3 Å². The summed E-state index contributed by atoms with van der Waals surface area (Å²) in [6.07, 6.45) is 1.17. The molecule has 4 heteroatoms. The first kappa shape index (κ1) is 14.5. The van der Waals surface area contributed by atoms with Crippen LogP contribution in [0.1, 0.15) is 34.1 Å². The molecule has 0 spiro atoms. The Kier molecular flexibility index (Phi) is 7.95. The Bertz CT molecular complexity index is 167. The van der Waals surface area contributed by atoms with E-state index < -0.39 is 0 Å². The minimum Gasteiger partial charge on any atom is -0.315 e. The van der Waals surface area contributed by atoms with E-state index in [0.717, 1.165) is 0 Å². The Morgan fingerprint density at radius 2 is 1.93 bits per heavy atom. The SMILES string of the molecule is CCC(NC)C(C)N(I=NC)C(C)C. The molecule has 14 heavy (non-hydrogen) atoms. The van der Waals surface area contributed by atoms with E-state index in [0.29, 0.717) is 18.1 Å². The lowest BCUT2D eigenvalue weighted by molar-refractivity contribution is 0.279. The van der Waals surface area contributed by atoms with Crippen LogP contribution in [0.3, 0.4) is 0 Å². The largest absolute Gasteiger partial charge is 0.315 e. The number of rotatable bonds is 6. The van der Waals surface area contributed by atoms with Gasteiger partial charge in [0.25, 0.3) is 0 Å². The molecular weight excluding hydrogens is 289 g/mol. The average Bonchev–Trinajstić information content (AvgIpc) is 2.15. The monoisotopic (exact) mass is 313 g/mol. The van der Waals surface area contributed by atoms with E-state index in [1.165, 1.54) is 6.42 Å². The highest BCUT2D eigenvalue weighted by Crippen LogP contribution is 2.21. The summed E-state index contributed by atoms with van der Waals surface area (Å²) in [4.78, 5) is 0. The normalized spacial score (nSPS) is 17.4. The zero-order valence-electron chi connectivity index (χ0n) is 10.2. The van der Waals surface area contributed by atoms with Crippen LogP contribution in [0.25, 0.3) is 0 Å². The zero-order valence-corrected chi connectivity index (χ0v) is 12.4. The van der Waals surface area contributed by atoms with Crippen LogP contribution in [0.5, 0.6) is 0 Å². The molecule has 0 radical (unpaired) electrons. The minimum absolute atomic E-state index is 0.146. The van der Waals surface area contributed by atoms with Crippen LogP contribution in [0.2, 0.25) is 0 Å². The second kappa shape index (κ2) is 7.70. The van der Waals surface area contributed by atoms with E-state index in [2.05, 4.69) is 39.3 Å². The molecule has 0 aromatic carbocycles. The molecule has 0 aliphatic heterocycles. The molecule has 0 rings (SSSR count). The molecule has 1 N–H and O–H groups in total. The van der Waals surface area contributed by atoms with Gasteiger partial charge in [-0.3, -0.25) is 3.15 Å². The van der Waals surface area contributed by atoms with Crippen LogP contribution in [0.15, 0.2) is 3.15 Å². The lowest BCUT2D eigenvalue weighted by atomic mass is 10.1. The first-order valence-electron chi connectivity index (χ1n) is 5.27. The number of hydrogen-bond donors (Lipinski definition) is 1. The van der Waals surface area contributed by atoms with Crippen LogP contribution in [-0.2, 0) is 0 Å². The Labute approximate surface area is 99.2 Å². The molecular formula is C10H24IN3. The first-order chi connectivity index (χ1) is 6.58. The summed E-state index contributed by atoms with van der Waals surface area (Å²) in [6, 6.07) is 1.77. The van der Waals surface area contributed by atoms with Gasteiger partial charge in [0.05, 0.1) is 21.3 Å². The Morgan fingerprint density at radius 1 is 1.36 bits per heavy atom. The van der Waals surface area contributed by atoms with Gasteiger partial charge in [0.2, 0.25) is 0 Å². The minimum atomic E-state index is -0.146. The number of nitrogens with one attached hydrogen (secondary N) is 1. The molecule has 0 saturated heterocycles. The fourth-order valence-corrected chi connectivity index (χ4v) is 3.45. The number of nitrogens with zero attached hydrogens (tertiary/aromatic N) is 2. The lowest BCUT2D eigenvalue weighted by Crippen LogP contribution is -2.45. The molecule has 0 aliphatic rings. The third-order valence-corrected chi connectivity index (χ3v) is 5.36. The van der Waals surface area contributed by atoms with Crippen molar-refractivity contribution in [2.45, 2.75) is 52.2 Å². The average molecular weight is 313 g/mol. The summed E-state index contributed by atoms with van der Waals surface area (Å²) in [5.74, 6) is 0. The van der Waals surface area contributed by atoms with Crippen molar-refractivity contribution in [1.29, 1.82) is 0 Å².